The molecule has 3 N–H and O–H groups in total. The van der Waals surface area contributed by atoms with Crippen molar-refractivity contribution in [1.29, 1.82) is 0 Å². The summed E-state index contributed by atoms with van der Waals surface area (Å²) in [6, 6.07) is 4.61. The molecule has 0 spiro atoms. The Morgan fingerprint density at radius 2 is 2.29 bits per heavy atom. The Bertz CT molecular complexity index is 969. The van der Waals surface area contributed by atoms with Gasteiger partial charge in [0.2, 0.25) is 5.95 Å². The average Bonchev–Trinajstić information content (AvgIpc) is 2.97. The molecule has 0 saturated heterocycles. The zero-order chi connectivity index (χ0) is 17.3. The molecule has 3 rings (SSSR count). The van der Waals surface area contributed by atoms with E-state index in [-0.39, 0.29) is 11.4 Å². The maximum Gasteiger partial charge on any atom is 0.405 e. The highest BCUT2D eigenvalue weighted by molar-refractivity contribution is 7.22. The molecular weight excluding hydrogens is 335 g/mol. The largest absolute Gasteiger partial charge is 0.438 e. The van der Waals surface area contributed by atoms with E-state index >= 15 is 0 Å². The molecule has 1 unspecified atom stereocenters. The molecule has 124 valence electrons. The maximum absolute atomic E-state index is 13.3. The summed E-state index contributed by atoms with van der Waals surface area (Å²) in [4.78, 5) is 34.4. The number of rotatable bonds is 4. The molecule has 1 atom stereocenters. The van der Waals surface area contributed by atoms with Crippen LogP contribution in [0.2, 0.25) is 0 Å². The summed E-state index contributed by atoms with van der Waals surface area (Å²) in [7, 11) is 0. The number of aromatic amines is 1. The second-order valence-corrected chi connectivity index (χ2v) is 6.03. The fourth-order valence-corrected chi connectivity index (χ4v) is 3.27. The molecule has 1 amide bonds. The van der Waals surface area contributed by atoms with Crippen LogP contribution in [0.4, 0.5) is 9.18 Å². The minimum absolute atomic E-state index is 0.221. The summed E-state index contributed by atoms with van der Waals surface area (Å²) in [5, 5.41) is 0. The molecule has 9 heteroatoms. The summed E-state index contributed by atoms with van der Waals surface area (Å²) in [5.41, 5.74) is 5.72. The number of thiophene rings is 1. The van der Waals surface area contributed by atoms with Gasteiger partial charge in [0.1, 0.15) is 4.70 Å². The van der Waals surface area contributed by atoms with Crippen molar-refractivity contribution >= 4 is 27.6 Å². The lowest BCUT2D eigenvalue weighted by atomic mass is 10.2. The zero-order valence-electron chi connectivity index (χ0n) is 12.6. The van der Waals surface area contributed by atoms with Gasteiger partial charge in [-0.1, -0.05) is 6.92 Å². The first-order chi connectivity index (χ1) is 11.5. The lowest BCUT2D eigenvalue weighted by Gasteiger charge is -2.13. The van der Waals surface area contributed by atoms with E-state index in [1.54, 1.807) is 19.1 Å². The Kier molecular flexibility index (Phi) is 4.26. The fourth-order valence-electron chi connectivity index (χ4n) is 2.28. The van der Waals surface area contributed by atoms with E-state index < -0.39 is 18.1 Å². The Hall–Kier alpha value is -2.81. The van der Waals surface area contributed by atoms with E-state index in [1.807, 2.05) is 0 Å². The van der Waals surface area contributed by atoms with Crippen LogP contribution in [0.1, 0.15) is 25.3 Å². The number of nitrogens with one attached hydrogen (secondary N) is 1. The van der Waals surface area contributed by atoms with Gasteiger partial charge in [-0.05, 0) is 24.1 Å². The lowest BCUT2D eigenvalue weighted by Crippen LogP contribution is -2.21. The molecule has 0 aliphatic carbocycles. The van der Waals surface area contributed by atoms with Gasteiger partial charge in [-0.3, -0.25) is 4.79 Å². The van der Waals surface area contributed by atoms with Gasteiger partial charge in [0, 0.05) is 17.1 Å². The van der Waals surface area contributed by atoms with Crippen LogP contribution < -0.4 is 11.3 Å². The molecule has 24 heavy (non-hydrogen) atoms. The van der Waals surface area contributed by atoms with E-state index in [0.717, 1.165) is 0 Å². The van der Waals surface area contributed by atoms with Crippen molar-refractivity contribution in [2.75, 3.05) is 0 Å². The van der Waals surface area contributed by atoms with Crippen molar-refractivity contribution in [3.05, 3.63) is 46.5 Å². The molecule has 3 heterocycles. The number of primary amides is 1. The molecule has 0 radical (unpaired) electrons. The second kappa shape index (κ2) is 6.36. The van der Waals surface area contributed by atoms with Crippen molar-refractivity contribution in [1.82, 2.24) is 15.0 Å². The number of nitrogens with two attached hydrogens (primary N) is 1. The van der Waals surface area contributed by atoms with Crippen molar-refractivity contribution in [3.63, 3.8) is 0 Å². The number of carbonyl (C=O) groups is 1. The van der Waals surface area contributed by atoms with Gasteiger partial charge in [0.25, 0.3) is 5.56 Å². The van der Waals surface area contributed by atoms with E-state index in [2.05, 4.69) is 15.0 Å². The van der Waals surface area contributed by atoms with Crippen molar-refractivity contribution < 1.29 is 13.9 Å². The smallest absolute Gasteiger partial charge is 0.405 e. The molecule has 0 aromatic carbocycles. The monoisotopic (exact) mass is 348 g/mol. The van der Waals surface area contributed by atoms with Crippen LogP contribution in [0.5, 0.6) is 0 Å². The Labute approximate surface area is 139 Å². The van der Waals surface area contributed by atoms with Gasteiger partial charge in [-0.15, -0.1) is 11.3 Å². The first kappa shape index (κ1) is 16.1. The van der Waals surface area contributed by atoms with E-state index in [9.17, 15) is 14.0 Å². The minimum atomic E-state index is -0.942. The summed E-state index contributed by atoms with van der Waals surface area (Å²) >= 11 is 1.19. The second-order valence-electron chi connectivity index (χ2n) is 4.98. The number of amides is 1. The highest BCUT2D eigenvalue weighted by Gasteiger charge is 2.18. The van der Waals surface area contributed by atoms with Gasteiger partial charge in [0.05, 0.1) is 5.52 Å². The molecule has 0 aliphatic rings. The van der Waals surface area contributed by atoms with Crippen LogP contribution >= 0.6 is 11.3 Å². The molecule has 0 saturated carbocycles. The fraction of sp³-hybridized carbons (Fsp3) is 0.200. The first-order valence-electron chi connectivity index (χ1n) is 7.09. The summed E-state index contributed by atoms with van der Waals surface area (Å²) < 4.78 is 18.6. The number of hydrogen-bond acceptors (Lipinski definition) is 6. The van der Waals surface area contributed by atoms with Crippen LogP contribution in [0.3, 0.4) is 0 Å². The van der Waals surface area contributed by atoms with Crippen LogP contribution in [0.25, 0.3) is 20.7 Å². The predicted octanol–water partition coefficient (Wildman–Crippen LogP) is 2.73. The highest BCUT2D eigenvalue weighted by atomic mass is 32.1. The number of H-pyrrole nitrogens is 1. The normalized spacial score (nSPS) is 12.2. The number of fused-ring (bicyclic) bond motifs is 1. The number of hydrogen-bond donors (Lipinski definition) is 2. The van der Waals surface area contributed by atoms with Gasteiger partial charge < -0.3 is 15.5 Å². The van der Waals surface area contributed by atoms with Gasteiger partial charge >= 0.3 is 6.09 Å². The SMILES string of the molecule is CCC(OC(N)=O)c1nc2cc(-c3ccnc(F)c3)sc2c(=O)[nH]1. The van der Waals surface area contributed by atoms with Crippen molar-refractivity contribution in [2.24, 2.45) is 5.73 Å². The first-order valence-corrected chi connectivity index (χ1v) is 7.91. The van der Waals surface area contributed by atoms with E-state index in [0.29, 0.717) is 27.1 Å². The highest BCUT2D eigenvalue weighted by Crippen LogP contribution is 2.31. The molecule has 0 bridgehead atoms. The quantitative estimate of drug-likeness (QED) is 0.704. The Morgan fingerprint density at radius 1 is 1.50 bits per heavy atom. The number of halogens is 1. The number of pyridine rings is 1. The van der Waals surface area contributed by atoms with Crippen LogP contribution in [0, 0.1) is 5.95 Å². The third-order valence-electron chi connectivity index (χ3n) is 3.35. The Morgan fingerprint density at radius 3 is 2.96 bits per heavy atom. The predicted molar refractivity (Wildman–Crippen MR) is 87.1 cm³/mol. The Balaban J connectivity index is 2.08. The number of carbonyl (C=O) groups excluding carboxylic acids is 1. The zero-order valence-corrected chi connectivity index (χ0v) is 13.4. The number of aromatic nitrogens is 3. The molecule has 7 nitrogen and oxygen atoms in total. The van der Waals surface area contributed by atoms with Crippen molar-refractivity contribution in [3.8, 4) is 10.4 Å². The summed E-state index contributed by atoms with van der Waals surface area (Å²) in [6.07, 6.45) is 0.0831. The lowest BCUT2D eigenvalue weighted by molar-refractivity contribution is 0.0991. The maximum atomic E-state index is 13.3. The van der Waals surface area contributed by atoms with Gasteiger partial charge in [0.15, 0.2) is 11.9 Å². The van der Waals surface area contributed by atoms with Crippen LogP contribution in [-0.4, -0.2) is 21.0 Å². The molecule has 0 aliphatic heterocycles. The van der Waals surface area contributed by atoms with Gasteiger partial charge in [-0.2, -0.15) is 4.39 Å². The van der Waals surface area contributed by atoms with E-state index in [4.69, 9.17) is 10.5 Å². The van der Waals surface area contributed by atoms with Crippen LogP contribution in [-0.2, 0) is 4.74 Å². The molecule has 0 fully saturated rings. The van der Waals surface area contributed by atoms with Crippen LogP contribution in [0.15, 0.2) is 29.2 Å². The topological polar surface area (TPSA) is 111 Å². The van der Waals surface area contributed by atoms with Crippen molar-refractivity contribution in [2.45, 2.75) is 19.4 Å². The molecular formula is C15H13FN4O3S. The third-order valence-corrected chi connectivity index (χ3v) is 4.52. The third kappa shape index (κ3) is 3.11. The van der Waals surface area contributed by atoms with Gasteiger partial charge in [-0.25, -0.2) is 14.8 Å². The molecule has 3 aromatic heterocycles. The molecule has 3 aromatic rings. The average molecular weight is 348 g/mol. The number of nitrogens with zero attached hydrogens (tertiary/aromatic N) is 2. The standard InChI is InChI=1S/C15H13FN4O3S/c1-2-9(23-15(17)22)13-19-8-6-10(24-12(8)14(21)20-13)7-3-4-18-11(16)5-7/h3-6,9H,2H2,1H3,(H2,17,22)(H,19,20,21). The number of ether oxygens (including phenoxy) is 1. The summed E-state index contributed by atoms with van der Waals surface area (Å²) in [6.45, 7) is 1.77. The van der Waals surface area contributed by atoms with E-state index in [1.165, 1.54) is 23.6 Å². The minimum Gasteiger partial charge on any atom is -0.438 e. The summed E-state index contributed by atoms with van der Waals surface area (Å²) in [5.74, 6) is -0.382.